The normalized spacial score (nSPS) is 11.8. The fourth-order valence-electron chi connectivity index (χ4n) is 2.14. The molecule has 0 saturated carbocycles. The molecule has 0 aliphatic rings. The van der Waals surface area contributed by atoms with Gasteiger partial charge in [0, 0.05) is 18.9 Å². The third-order valence-electron chi connectivity index (χ3n) is 3.59. The van der Waals surface area contributed by atoms with Crippen LogP contribution in [0.5, 0.6) is 5.75 Å². The Labute approximate surface area is 155 Å². The topological polar surface area (TPSA) is 90.1 Å². The van der Waals surface area contributed by atoms with E-state index in [1.54, 1.807) is 32.5 Å². The molecule has 0 unspecified atom stereocenters. The van der Waals surface area contributed by atoms with Crippen molar-refractivity contribution in [1.82, 2.24) is 20.5 Å². The number of ether oxygens (including phenoxy) is 1. The lowest BCUT2D eigenvalue weighted by molar-refractivity contribution is -0.120. The van der Waals surface area contributed by atoms with E-state index >= 15 is 0 Å². The van der Waals surface area contributed by atoms with Crippen LogP contribution < -0.4 is 10.1 Å². The highest BCUT2D eigenvalue weighted by atomic mass is 32.2. The second kappa shape index (κ2) is 8.48. The molecule has 1 N–H and O–H groups in total. The number of hydrogen-bond donors (Lipinski definition) is 1. The molecule has 0 aliphatic carbocycles. The molecule has 26 heavy (non-hydrogen) atoms. The van der Waals surface area contributed by atoms with Gasteiger partial charge in [-0.3, -0.25) is 9.78 Å². The van der Waals surface area contributed by atoms with Crippen LogP contribution in [0.15, 0.2) is 58.4 Å². The van der Waals surface area contributed by atoms with E-state index in [0.717, 1.165) is 16.9 Å². The predicted octanol–water partition coefficient (Wildman–Crippen LogP) is 2.94. The minimum atomic E-state index is -0.365. The molecular weight excluding hydrogens is 352 g/mol. The van der Waals surface area contributed by atoms with Crippen molar-refractivity contribution in [2.45, 2.75) is 23.9 Å². The van der Waals surface area contributed by atoms with Gasteiger partial charge in [-0.2, -0.15) is 0 Å². The Balaban J connectivity index is 1.53. The predicted molar refractivity (Wildman–Crippen MR) is 97.7 cm³/mol. The molecule has 0 spiro atoms. The number of pyridine rings is 1. The van der Waals surface area contributed by atoms with Crippen LogP contribution in [-0.2, 0) is 11.3 Å². The Morgan fingerprint density at radius 3 is 2.77 bits per heavy atom. The van der Waals surface area contributed by atoms with Crippen molar-refractivity contribution in [1.29, 1.82) is 0 Å². The van der Waals surface area contributed by atoms with Crippen molar-refractivity contribution in [3.63, 3.8) is 0 Å². The van der Waals surface area contributed by atoms with E-state index in [1.165, 1.54) is 11.8 Å². The summed E-state index contributed by atoms with van der Waals surface area (Å²) in [6.07, 6.45) is 3.32. The molecule has 0 saturated heterocycles. The van der Waals surface area contributed by atoms with Gasteiger partial charge in [0.2, 0.25) is 11.8 Å². The molecule has 1 aromatic carbocycles. The molecule has 7 nitrogen and oxygen atoms in total. The SMILES string of the molecule is COc1ccc(CNC(=O)[C@@H](C)Sc2nnc(-c3cccnc3)o2)cc1. The van der Waals surface area contributed by atoms with E-state index in [2.05, 4.69) is 20.5 Å². The Morgan fingerprint density at radius 2 is 2.08 bits per heavy atom. The monoisotopic (exact) mass is 370 g/mol. The van der Waals surface area contributed by atoms with Crippen LogP contribution in [0.2, 0.25) is 0 Å². The zero-order chi connectivity index (χ0) is 18.4. The number of aromatic nitrogens is 3. The van der Waals surface area contributed by atoms with E-state index in [0.29, 0.717) is 17.7 Å². The van der Waals surface area contributed by atoms with Gasteiger partial charge in [0.1, 0.15) is 5.75 Å². The molecule has 2 aromatic heterocycles. The minimum absolute atomic E-state index is 0.105. The van der Waals surface area contributed by atoms with Crippen molar-refractivity contribution in [3.05, 3.63) is 54.4 Å². The summed E-state index contributed by atoms with van der Waals surface area (Å²) in [4.78, 5) is 16.3. The Kier molecular flexibility index (Phi) is 5.85. The first-order valence-electron chi connectivity index (χ1n) is 7.97. The maximum atomic E-state index is 12.3. The number of methoxy groups -OCH3 is 1. The van der Waals surface area contributed by atoms with Crippen molar-refractivity contribution in [3.8, 4) is 17.2 Å². The molecule has 0 aliphatic heterocycles. The van der Waals surface area contributed by atoms with Gasteiger partial charge < -0.3 is 14.5 Å². The lowest BCUT2D eigenvalue weighted by Crippen LogP contribution is -2.30. The van der Waals surface area contributed by atoms with Crippen LogP contribution in [0.4, 0.5) is 0 Å². The Hall–Kier alpha value is -2.87. The van der Waals surface area contributed by atoms with E-state index < -0.39 is 0 Å². The second-order valence-electron chi connectivity index (χ2n) is 5.44. The maximum absolute atomic E-state index is 12.3. The lowest BCUT2D eigenvalue weighted by atomic mass is 10.2. The highest BCUT2D eigenvalue weighted by Crippen LogP contribution is 2.25. The van der Waals surface area contributed by atoms with Crippen molar-refractivity contribution in [2.24, 2.45) is 0 Å². The number of amides is 1. The summed E-state index contributed by atoms with van der Waals surface area (Å²) in [7, 11) is 1.62. The number of nitrogens with one attached hydrogen (secondary N) is 1. The number of carbonyl (C=O) groups excluding carboxylic acids is 1. The summed E-state index contributed by atoms with van der Waals surface area (Å²) < 4.78 is 10.7. The summed E-state index contributed by atoms with van der Waals surface area (Å²) in [5.41, 5.74) is 1.73. The second-order valence-corrected chi connectivity index (χ2v) is 6.73. The molecule has 1 amide bonds. The van der Waals surface area contributed by atoms with Crippen LogP contribution in [0, 0.1) is 0 Å². The lowest BCUT2D eigenvalue weighted by Gasteiger charge is -2.10. The van der Waals surface area contributed by atoms with E-state index in [-0.39, 0.29) is 11.2 Å². The molecule has 2 heterocycles. The van der Waals surface area contributed by atoms with Gasteiger partial charge in [-0.1, -0.05) is 23.9 Å². The fraction of sp³-hybridized carbons (Fsp3) is 0.222. The first-order chi connectivity index (χ1) is 12.7. The largest absolute Gasteiger partial charge is 0.497 e. The highest BCUT2D eigenvalue weighted by molar-refractivity contribution is 8.00. The molecule has 0 fully saturated rings. The van der Waals surface area contributed by atoms with Crippen LogP contribution >= 0.6 is 11.8 Å². The first-order valence-corrected chi connectivity index (χ1v) is 8.85. The Bertz CT molecular complexity index is 852. The van der Waals surface area contributed by atoms with Crippen molar-refractivity contribution < 1.29 is 13.9 Å². The number of hydrogen-bond acceptors (Lipinski definition) is 7. The van der Waals surface area contributed by atoms with Gasteiger partial charge in [-0.15, -0.1) is 10.2 Å². The maximum Gasteiger partial charge on any atom is 0.277 e. The summed E-state index contributed by atoms with van der Waals surface area (Å²) in [6, 6.07) is 11.2. The first kappa shape index (κ1) is 17.9. The van der Waals surface area contributed by atoms with E-state index in [9.17, 15) is 4.79 Å². The summed E-state index contributed by atoms with van der Waals surface area (Å²) in [5.74, 6) is 1.06. The van der Waals surface area contributed by atoms with Crippen LogP contribution in [0.25, 0.3) is 11.5 Å². The van der Waals surface area contributed by atoms with Crippen LogP contribution in [-0.4, -0.2) is 33.4 Å². The number of benzene rings is 1. The zero-order valence-electron chi connectivity index (χ0n) is 14.4. The molecule has 3 rings (SSSR count). The third-order valence-corrected chi connectivity index (χ3v) is 4.52. The smallest absolute Gasteiger partial charge is 0.277 e. The highest BCUT2D eigenvalue weighted by Gasteiger charge is 2.18. The average Bonchev–Trinajstić information content (AvgIpc) is 3.15. The van der Waals surface area contributed by atoms with Gasteiger partial charge in [-0.05, 0) is 36.8 Å². The van der Waals surface area contributed by atoms with Crippen molar-refractivity contribution in [2.75, 3.05) is 7.11 Å². The quantitative estimate of drug-likeness (QED) is 0.640. The van der Waals surface area contributed by atoms with Crippen molar-refractivity contribution >= 4 is 17.7 Å². The number of carbonyl (C=O) groups is 1. The van der Waals surface area contributed by atoms with Crippen LogP contribution in [0.1, 0.15) is 12.5 Å². The van der Waals surface area contributed by atoms with Gasteiger partial charge in [0.25, 0.3) is 5.22 Å². The van der Waals surface area contributed by atoms with E-state index in [1.807, 2.05) is 30.3 Å². The minimum Gasteiger partial charge on any atom is -0.497 e. The molecule has 0 radical (unpaired) electrons. The fourth-order valence-corrected chi connectivity index (χ4v) is 2.85. The number of thioether (sulfide) groups is 1. The molecule has 3 aromatic rings. The summed E-state index contributed by atoms with van der Waals surface area (Å²) >= 11 is 1.22. The molecule has 8 heteroatoms. The Morgan fingerprint density at radius 1 is 1.27 bits per heavy atom. The molecule has 0 bridgehead atoms. The summed E-state index contributed by atoms with van der Waals surface area (Å²) in [6.45, 7) is 2.24. The third kappa shape index (κ3) is 4.60. The molecular formula is C18H18N4O3S. The van der Waals surface area contributed by atoms with Gasteiger partial charge in [-0.25, -0.2) is 0 Å². The molecule has 134 valence electrons. The van der Waals surface area contributed by atoms with Gasteiger partial charge in [0.05, 0.1) is 17.9 Å². The van der Waals surface area contributed by atoms with Gasteiger partial charge >= 0.3 is 0 Å². The number of rotatable bonds is 7. The molecule has 1 atom stereocenters. The summed E-state index contributed by atoms with van der Waals surface area (Å²) in [5, 5.41) is 10.8. The van der Waals surface area contributed by atoms with E-state index in [4.69, 9.17) is 9.15 Å². The average molecular weight is 370 g/mol. The standard InChI is InChI=1S/C18H18N4O3S/c1-12(16(23)20-10-13-5-7-15(24-2)8-6-13)26-18-22-21-17(25-18)14-4-3-9-19-11-14/h3-9,11-12H,10H2,1-2H3,(H,20,23)/t12-/m1/s1. The number of nitrogens with zero attached hydrogens (tertiary/aromatic N) is 3. The zero-order valence-corrected chi connectivity index (χ0v) is 15.2. The van der Waals surface area contributed by atoms with Crippen LogP contribution in [0.3, 0.4) is 0 Å². The van der Waals surface area contributed by atoms with Gasteiger partial charge in [0.15, 0.2) is 0 Å².